The van der Waals surface area contributed by atoms with Gasteiger partial charge in [0.1, 0.15) is 5.82 Å². The largest absolute Gasteiger partial charge is 0.361 e. The van der Waals surface area contributed by atoms with Crippen LogP contribution in [0.25, 0.3) is 11.3 Å². The Balaban J connectivity index is 2.51. The minimum atomic E-state index is -0.185. The smallest absolute Gasteiger partial charge is 0.123 e. The zero-order valence-corrected chi connectivity index (χ0v) is 11.4. The molecule has 0 fully saturated rings. The molecule has 0 atom stereocenters. The van der Waals surface area contributed by atoms with Crippen LogP contribution in [0.15, 0.2) is 30.5 Å². The molecule has 0 unspecified atom stereocenters. The summed E-state index contributed by atoms with van der Waals surface area (Å²) in [6.45, 7) is 8.57. The third-order valence-electron chi connectivity index (χ3n) is 3.30. The van der Waals surface area contributed by atoms with Crippen molar-refractivity contribution in [2.45, 2.75) is 39.5 Å². The van der Waals surface area contributed by atoms with E-state index in [-0.39, 0.29) is 5.82 Å². The Hall–Kier alpha value is -1.57. The number of rotatable bonds is 3. The Morgan fingerprint density at radius 3 is 2.28 bits per heavy atom. The predicted molar refractivity (Wildman–Crippen MR) is 74.4 cm³/mol. The molecule has 1 aromatic carbocycles. The monoisotopic (exact) mass is 245 g/mol. The van der Waals surface area contributed by atoms with Crippen molar-refractivity contribution >= 4 is 0 Å². The third-order valence-corrected chi connectivity index (χ3v) is 3.30. The number of nitrogens with one attached hydrogen (secondary N) is 1. The van der Waals surface area contributed by atoms with Crippen molar-refractivity contribution in [2.24, 2.45) is 0 Å². The Morgan fingerprint density at radius 2 is 1.72 bits per heavy atom. The van der Waals surface area contributed by atoms with E-state index in [1.165, 1.54) is 17.2 Å². The number of hydrogen-bond donors (Lipinski definition) is 1. The molecular formula is C16H20FN. The first kappa shape index (κ1) is 12.9. The maximum absolute atomic E-state index is 13.4. The summed E-state index contributed by atoms with van der Waals surface area (Å²) in [7, 11) is 0. The van der Waals surface area contributed by atoms with Crippen LogP contribution in [0.4, 0.5) is 4.39 Å². The zero-order chi connectivity index (χ0) is 13.3. The number of H-pyrrole nitrogens is 1. The average molecular weight is 245 g/mol. The topological polar surface area (TPSA) is 15.8 Å². The molecule has 0 radical (unpaired) electrons. The van der Waals surface area contributed by atoms with Gasteiger partial charge in [-0.25, -0.2) is 4.39 Å². The fourth-order valence-corrected chi connectivity index (χ4v) is 2.17. The normalized spacial score (nSPS) is 11.5. The quantitative estimate of drug-likeness (QED) is 0.777. The van der Waals surface area contributed by atoms with Gasteiger partial charge in [0.15, 0.2) is 0 Å². The van der Waals surface area contributed by atoms with Crippen LogP contribution in [0.3, 0.4) is 0 Å². The van der Waals surface area contributed by atoms with Crippen molar-refractivity contribution in [3.8, 4) is 11.3 Å². The number of benzene rings is 1. The predicted octanol–water partition coefficient (Wildman–Crippen LogP) is 5.07. The lowest BCUT2D eigenvalue weighted by atomic mass is 9.95. The summed E-state index contributed by atoms with van der Waals surface area (Å²) in [6.07, 6.45) is 2.01. The van der Waals surface area contributed by atoms with Gasteiger partial charge in [0.2, 0.25) is 0 Å². The Labute approximate surface area is 108 Å². The molecule has 1 heterocycles. The second-order valence-corrected chi connectivity index (χ2v) is 5.39. The van der Waals surface area contributed by atoms with Gasteiger partial charge in [-0.1, -0.05) is 33.8 Å². The van der Waals surface area contributed by atoms with E-state index in [1.807, 2.05) is 12.3 Å². The molecule has 1 nitrogen and oxygen atoms in total. The van der Waals surface area contributed by atoms with Gasteiger partial charge in [-0.3, -0.25) is 0 Å². The fourth-order valence-electron chi connectivity index (χ4n) is 2.17. The lowest BCUT2D eigenvalue weighted by Gasteiger charge is -2.11. The van der Waals surface area contributed by atoms with Crippen LogP contribution >= 0.6 is 0 Å². The van der Waals surface area contributed by atoms with Gasteiger partial charge in [-0.05, 0) is 41.2 Å². The summed E-state index contributed by atoms with van der Waals surface area (Å²) in [4.78, 5) is 3.26. The highest BCUT2D eigenvalue weighted by Gasteiger charge is 2.12. The lowest BCUT2D eigenvalue weighted by molar-refractivity contribution is 0.627. The van der Waals surface area contributed by atoms with E-state index in [9.17, 15) is 4.39 Å². The summed E-state index contributed by atoms with van der Waals surface area (Å²) in [5, 5.41) is 0. The van der Waals surface area contributed by atoms with Crippen molar-refractivity contribution in [3.05, 3.63) is 47.4 Å². The van der Waals surface area contributed by atoms with Crippen molar-refractivity contribution in [1.29, 1.82) is 0 Å². The molecule has 2 heteroatoms. The highest BCUT2D eigenvalue weighted by Crippen LogP contribution is 2.30. The molecule has 0 saturated carbocycles. The highest BCUT2D eigenvalue weighted by atomic mass is 19.1. The molecule has 0 bridgehead atoms. The molecule has 0 aliphatic heterocycles. The Morgan fingerprint density at radius 1 is 1.00 bits per heavy atom. The summed E-state index contributed by atoms with van der Waals surface area (Å²) >= 11 is 0. The van der Waals surface area contributed by atoms with E-state index < -0.39 is 0 Å². The third kappa shape index (κ3) is 2.47. The molecule has 0 aliphatic rings. The first-order chi connectivity index (χ1) is 8.49. The number of hydrogen-bond acceptors (Lipinski definition) is 0. The summed E-state index contributed by atoms with van der Waals surface area (Å²) in [5.74, 6) is 0.674. The molecule has 0 saturated heterocycles. The molecule has 2 rings (SSSR count). The summed E-state index contributed by atoms with van der Waals surface area (Å²) in [5.41, 5.74) is 4.40. The molecular weight excluding hydrogens is 225 g/mol. The molecule has 18 heavy (non-hydrogen) atoms. The van der Waals surface area contributed by atoms with Crippen LogP contribution in [0.5, 0.6) is 0 Å². The van der Waals surface area contributed by atoms with Gasteiger partial charge in [-0.15, -0.1) is 0 Å². The standard InChI is InChI=1S/C16H20FN/c1-10(2)12-7-16(18-9-12)15-8-13(17)5-6-14(15)11(3)4/h5-11,18H,1-4H3. The van der Waals surface area contributed by atoms with Gasteiger partial charge in [0.25, 0.3) is 0 Å². The van der Waals surface area contributed by atoms with Gasteiger partial charge in [0.05, 0.1) is 0 Å². The second-order valence-electron chi connectivity index (χ2n) is 5.39. The van der Waals surface area contributed by atoms with Gasteiger partial charge < -0.3 is 4.98 Å². The van der Waals surface area contributed by atoms with Crippen LogP contribution in [-0.4, -0.2) is 4.98 Å². The molecule has 0 spiro atoms. The Kier molecular flexibility index (Phi) is 3.55. The van der Waals surface area contributed by atoms with E-state index >= 15 is 0 Å². The minimum absolute atomic E-state index is 0.185. The molecule has 1 aromatic heterocycles. The molecule has 0 aliphatic carbocycles. The average Bonchev–Trinajstić information content (AvgIpc) is 2.77. The number of halogens is 1. The SMILES string of the molecule is CC(C)c1c[nH]c(-c2cc(F)ccc2C(C)C)c1. The Bertz CT molecular complexity index is 538. The first-order valence-corrected chi connectivity index (χ1v) is 6.47. The van der Waals surface area contributed by atoms with Gasteiger partial charge in [0, 0.05) is 17.5 Å². The summed E-state index contributed by atoms with van der Waals surface area (Å²) < 4.78 is 13.4. The van der Waals surface area contributed by atoms with Crippen LogP contribution in [0.1, 0.15) is 50.7 Å². The minimum Gasteiger partial charge on any atom is -0.361 e. The highest BCUT2D eigenvalue weighted by molar-refractivity contribution is 5.65. The van der Waals surface area contributed by atoms with Crippen LogP contribution in [0.2, 0.25) is 0 Å². The van der Waals surface area contributed by atoms with Crippen LogP contribution < -0.4 is 0 Å². The van der Waals surface area contributed by atoms with Crippen molar-refractivity contribution < 1.29 is 4.39 Å². The van der Waals surface area contributed by atoms with Crippen LogP contribution in [0, 0.1) is 5.82 Å². The second kappa shape index (κ2) is 4.97. The van der Waals surface area contributed by atoms with E-state index in [0.717, 1.165) is 11.3 Å². The molecule has 2 aromatic rings. The van der Waals surface area contributed by atoms with Crippen molar-refractivity contribution in [1.82, 2.24) is 4.98 Å². The molecule has 0 amide bonds. The fraction of sp³-hybridized carbons (Fsp3) is 0.375. The lowest BCUT2D eigenvalue weighted by Crippen LogP contribution is -1.93. The zero-order valence-electron chi connectivity index (χ0n) is 11.4. The van der Waals surface area contributed by atoms with Crippen LogP contribution in [-0.2, 0) is 0 Å². The maximum Gasteiger partial charge on any atom is 0.123 e. The van der Waals surface area contributed by atoms with Crippen molar-refractivity contribution in [2.75, 3.05) is 0 Å². The van der Waals surface area contributed by atoms with Gasteiger partial charge in [-0.2, -0.15) is 0 Å². The first-order valence-electron chi connectivity index (χ1n) is 6.47. The number of aromatic nitrogens is 1. The molecule has 96 valence electrons. The maximum atomic E-state index is 13.4. The summed E-state index contributed by atoms with van der Waals surface area (Å²) in [6, 6.07) is 7.15. The van der Waals surface area contributed by atoms with Crippen molar-refractivity contribution in [3.63, 3.8) is 0 Å². The molecule has 1 N–H and O–H groups in total. The number of aromatic amines is 1. The van der Waals surface area contributed by atoms with E-state index in [0.29, 0.717) is 11.8 Å². The van der Waals surface area contributed by atoms with Gasteiger partial charge >= 0.3 is 0 Å². The van der Waals surface area contributed by atoms with E-state index in [2.05, 4.69) is 38.7 Å². The van der Waals surface area contributed by atoms with E-state index in [4.69, 9.17) is 0 Å². The van der Waals surface area contributed by atoms with E-state index in [1.54, 1.807) is 6.07 Å².